The van der Waals surface area contributed by atoms with E-state index in [1.54, 1.807) is 0 Å². The molecule has 2 aromatic rings. The van der Waals surface area contributed by atoms with Crippen LogP contribution in [0, 0.1) is 9.39 Å². The second kappa shape index (κ2) is 5.10. The van der Waals surface area contributed by atoms with Gasteiger partial charge in [-0.05, 0) is 52.9 Å². The van der Waals surface area contributed by atoms with Crippen LogP contribution in [0.3, 0.4) is 0 Å². The highest BCUT2D eigenvalue weighted by molar-refractivity contribution is 14.1. The van der Waals surface area contributed by atoms with Crippen LogP contribution in [0.2, 0.25) is 5.02 Å². The molecule has 0 saturated heterocycles. The Hall–Kier alpha value is -1.01. The van der Waals surface area contributed by atoms with Crippen LogP contribution in [0.1, 0.15) is 0 Å². The lowest BCUT2D eigenvalue weighted by atomic mass is 10.2. The van der Waals surface area contributed by atoms with Crippen LogP contribution in [0.4, 0.5) is 21.5 Å². The van der Waals surface area contributed by atoms with Crippen LogP contribution in [-0.2, 0) is 0 Å². The molecule has 2 nitrogen and oxygen atoms in total. The Morgan fingerprint density at radius 3 is 2.47 bits per heavy atom. The zero-order valence-corrected chi connectivity index (χ0v) is 11.6. The second-order valence-corrected chi connectivity index (χ2v) is 5.14. The molecule has 0 atom stereocenters. The van der Waals surface area contributed by atoms with Crippen molar-refractivity contribution in [1.29, 1.82) is 0 Å². The first-order valence-electron chi connectivity index (χ1n) is 4.83. The molecule has 0 saturated carbocycles. The van der Waals surface area contributed by atoms with E-state index in [1.165, 1.54) is 12.1 Å². The smallest absolute Gasteiger partial charge is 0.143 e. The summed E-state index contributed by atoms with van der Waals surface area (Å²) in [4.78, 5) is 0. The van der Waals surface area contributed by atoms with E-state index in [1.807, 2.05) is 24.3 Å². The summed E-state index contributed by atoms with van der Waals surface area (Å²) < 4.78 is 14.2. The van der Waals surface area contributed by atoms with E-state index >= 15 is 0 Å². The highest BCUT2D eigenvalue weighted by Gasteiger charge is 2.06. The molecule has 2 rings (SSSR count). The second-order valence-electron chi connectivity index (χ2n) is 3.49. The molecule has 17 heavy (non-hydrogen) atoms. The van der Waals surface area contributed by atoms with Gasteiger partial charge in [0, 0.05) is 15.3 Å². The number of hydrogen-bond acceptors (Lipinski definition) is 2. The number of halogens is 3. The minimum absolute atomic E-state index is 0.0483. The molecule has 0 spiro atoms. The maximum Gasteiger partial charge on any atom is 0.143 e. The van der Waals surface area contributed by atoms with Crippen molar-refractivity contribution in [2.45, 2.75) is 0 Å². The van der Waals surface area contributed by atoms with Gasteiger partial charge in [0.15, 0.2) is 0 Å². The number of nitrogens with one attached hydrogen (secondary N) is 1. The van der Waals surface area contributed by atoms with Gasteiger partial charge in [-0.3, -0.25) is 0 Å². The van der Waals surface area contributed by atoms with Gasteiger partial charge >= 0.3 is 0 Å². The molecule has 0 heterocycles. The topological polar surface area (TPSA) is 38.0 Å². The van der Waals surface area contributed by atoms with Crippen molar-refractivity contribution < 1.29 is 4.39 Å². The van der Waals surface area contributed by atoms with Gasteiger partial charge in [0.2, 0.25) is 0 Å². The first kappa shape index (κ1) is 12.4. The fourth-order valence-corrected chi connectivity index (χ4v) is 1.88. The van der Waals surface area contributed by atoms with Crippen LogP contribution in [0.5, 0.6) is 0 Å². The van der Waals surface area contributed by atoms with Crippen LogP contribution in [0.15, 0.2) is 36.4 Å². The Morgan fingerprint density at radius 2 is 1.82 bits per heavy atom. The van der Waals surface area contributed by atoms with Crippen LogP contribution >= 0.6 is 34.2 Å². The zero-order chi connectivity index (χ0) is 12.4. The number of anilines is 3. The maximum absolute atomic E-state index is 13.1. The Labute approximate surface area is 117 Å². The van der Waals surface area contributed by atoms with Crippen LogP contribution in [-0.4, -0.2) is 0 Å². The Balaban J connectivity index is 2.30. The summed E-state index contributed by atoms with van der Waals surface area (Å²) in [6, 6.07) is 10.4. The van der Waals surface area contributed by atoms with Crippen molar-refractivity contribution in [2.75, 3.05) is 11.1 Å². The molecule has 0 radical (unpaired) electrons. The molecule has 0 aromatic heterocycles. The lowest BCUT2D eigenvalue weighted by molar-refractivity contribution is 0.629. The van der Waals surface area contributed by atoms with E-state index in [9.17, 15) is 4.39 Å². The van der Waals surface area contributed by atoms with Gasteiger partial charge in [0.1, 0.15) is 5.82 Å². The molecule has 0 bridgehead atoms. The molecular formula is C12H9ClFIN2. The number of hydrogen-bond donors (Lipinski definition) is 2. The fraction of sp³-hybridized carbons (Fsp3) is 0. The number of nitrogens with two attached hydrogens (primary N) is 1. The molecule has 0 amide bonds. The molecule has 0 aliphatic heterocycles. The van der Waals surface area contributed by atoms with Gasteiger partial charge in [-0.2, -0.15) is 0 Å². The van der Waals surface area contributed by atoms with Crippen molar-refractivity contribution in [3.63, 3.8) is 0 Å². The number of nitrogen functional groups attached to an aromatic ring is 1. The van der Waals surface area contributed by atoms with E-state index in [4.69, 9.17) is 17.3 Å². The third-order valence-corrected chi connectivity index (χ3v) is 3.22. The summed E-state index contributed by atoms with van der Waals surface area (Å²) in [7, 11) is 0. The minimum atomic E-state index is -0.516. The molecule has 0 aliphatic rings. The predicted octanol–water partition coefficient (Wildman–Crippen LogP) is 4.41. The molecule has 0 fully saturated rings. The molecule has 88 valence electrons. The minimum Gasteiger partial charge on any atom is -0.397 e. The van der Waals surface area contributed by atoms with Gasteiger partial charge in [-0.15, -0.1) is 0 Å². The highest BCUT2D eigenvalue weighted by Crippen LogP contribution is 2.29. The van der Waals surface area contributed by atoms with Gasteiger partial charge in [-0.25, -0.2) is 4.39 Å². The van der Waals surface area contributed by atoms with Crippen molar-refractivity contribution in [1.82, 2.24) is 0 Å². The number of rotatable bonds is 2. The number of benzene rings is 2. The Morgan fingerprint density at radius 1 is 1.18 bits per heavy atom. The van der Waals surface area contributed by atoms with Gasteiger partial charge in [-0.1, -0.05) is 11.6 Å². The average molecular weight is 363 g/mol. The Bertz CT molecular complexity index is 543. The summed E-state index contributed by atoms with van der Waals surface area (Å²) in [5, 5.41) is 3.14. The van der Waals surface area contributed by atoms with Crippen molar-refractivity contribution in [2.24, 2.45) is 0 Å². The van der Waals surface area contributed by atoms with Gasteiger partial charge in [0.25, 0.3) is 0 Å². The first-order chi connectivity index (χ1) is 8.06. The highest BCUT2D eigenvalue weighted by atomic mass is 127. The molecule has 0 unspecified atom stereocenters. The molecule has 2 aromatic carbocycles. The van der Waals surface area contributed by atoms with Crippen molar-refractivity contribution >= 4 is 51.3 Å². The van der Waals surface area contributed by atoms with Crippen LogP contribution < -0.4 is 11.1 Å². The lowest BCUT2D eigenvalue weighted by Crippen LogP contribution is -1.97. The SMILES string of the molecule is Nc1cc(F)c(Cl)cc1Nc1ccc(I)cc1. The van der Waals surface area contributed by atoms with E-state index in [0.29, 0.717) is 11.4 Å². The molecular weight excluding hydrogens is 354 g/mol. The van der Waals surface area contributed by atoms with E-state index in [-0.39, 0.29) is 5.02 Å². The maximum atomic E-state index is 13.1. The third-order valence-electron chi connectivity index (χ3n) is 2.22. The van der Waals surface area contributed by atoms with E-state index in [2.05, 4.69) is 27.9 Å². The van der Waals surface area contributed by atoms with Gasteiger partial charge < -0.3 is 11.1 Å². The van der Waals surface area contributed by atoms with Gasteiger partial charge in [0.05, 0.1) is 16.4 Å². The average Bonchev–Trinajstić information content (AvgIpc) is 2.29. The Kier molecular flexibility index (Phi) is 3.73. The summed E-state index contributed by atoms with van der Waals surface area (Å²) in [6.45, 7) is 0. The lowest BCUT2D eigenvalue weighted by Gasteiger charge is -2.10. The standard InChI is InChI=1S/C12H9ClFIN2/c13-9-5-12(11(16)6-10(9)14)17-8-3-1-7(15)2-4-8/h1-6,17H,16H2. The summed E-state index contributed by atoms with van der Waals surface area (Å²) in [6.07, 6.45) is 0. The van der Waals surface area contributed by atoms with Crippen LogP contribution in [0.25, 0.3) is 0 Å². The molecule has 5 heteroatoms. The quantitative estimate of drug-likeness (QED) is 0.613. The zero-order valence-electron chi connectivity index (χ0n) is 8.68. The van der Waals surface area contributed by atoms with Crippen molar-refractivity contribution in [3.8, 4) is 0 Å². The summed E-state index contributed by atoms with van der Waals surface area (Å²) in [5.41, 5.74) is 7.50. The first-order valence-corrected chi connectivity index (χ1v) is 6.29. The monoisotopic (exact) mass is 362 g/mol. The molecule has 3 N–H and O–H groups in total. The third kappa shape index (κ3) is 3.01. The summed E-state index contributed by atoms with van der Waals surface area (Å²) >= 11 is 7.93. The largest absolute Gasteiger partial charge is 0.397 e. The summed E-state index contributed by atoms with van der Waals surface area (Å²) in [5.74, 6) is -0.516. The fourth-order valence-electron chi connectivity index (χ4n) is 1.36. The van der Waals surface area contributed by atoms with Crippen molar-refractivity contribution in [3.05, 3.63) is 50.8 Å². The predicted molar refractivity (Wildman–Crippen MR) is 78.3 cm³/mol. The van der Waals surface area contributed by atoms with E-state index in [0.717, 1.165) is 9.26 Å². The molecule has 0 aliphatic carbocycles. The van der Waals surface area contributed by atoms with E-state index < -0.39 is 5.82 Å². The normalized spacial score (nSPS) is 10.3.